The van der Waals surface area contributed by atoms with Crippen LogP contribution in [0.25, 0.3) is 5.78 Å². The summed E-state index contributed by atoms with van der Waals surface area (Å²) in [4.78, 5) is 20.1. The number of fused-ring (bicyclic) bond motifs is 2. The average molecular weight is 294 g/mol. The highest BCUT2D eigenvalue weighted by molar-refractivity contribution is 5.35. The first kappa shape index (κ1) is 13.3. The van der Waals surface area contributed by atoms with E-state index in [1.165, 1.54) is 17.0 Å². The van der Waals surface area contributed by atoms with E-state index in [1.807, 2.05) is 32.3 Å². The van der Waals surface area contributed by atoms with Crippen molar-refractivity contribution in [1.29, 1.82) is 0 Å². The number of imidazole rings is 1. The molecule has 0 aliphatic carbocycles. The van der Waals surface area contributed by atoms with E-state index in [0.717, 1.165) is 43.4 Å². The molecule has 1 aliphatic heterocycles. The van der Waals surface area contributed by atoms with Crippen LogP contribution in [0.5, 0.6) is 0 Å². The molecular weight excluding hydrogens is 276 g/mol. The molecule has 4 rings (SSSR count). The molecule has 6 heteroatoms. The molecule has 1 aliphatic rings. The van der Waals surface area contributed by atoms with Crippen LogP contribution in [-0.4, -0.2) is 35.8 Å². The van der Waals surface area contributed by atoms with E-state index in [0.29, 0.717) is 0 Å². The van der Waals surface area contributed by atoms with Crippen LogP contribution in [0.1, 0.15) is 28.5 Å². The predicted molar refractivity (Wildman–Crippen MR) is 82.3 cm³/mol. The Bertz CT molecular complexity index is 838. The number of rotatable bonds is 2. The van der Waals surface area contributed by atoms with Crippen molar-refractivity contribution in [2.45, 2.75) is 33.4 Å². The largest absolute Gasteiger partial charge is 0.293 e. The number of aromatic nitrogens is 5. The van der Waals surface area contributed by atoms with Gasteiger partial charge in [-0.2, -0.15) is 0 Å². The van der Waals surface area contributed by atoms with Crippen LogP contribution in [0.4, 0.5) is 0 Å². The Balaban J connectivity index is 1.61. The normalized spacial score (nSPS) is 15.2. The van der Waals surface area contributed by atoms with E-state index >= 15 is 0 Å². The van der Waals surface area contributed by atoms with Crippen molar-refractivity contribution < 1.29 is 0 Å². The summed E-state index contributed by atoms with van der Waals surface area (Å²) in [5, 5.41) is 0. The number of aryl methyl sites for hydroxylation is 2. The van der Waals surface area contributed by atoms with Crippen molar-refractivity contribution in [1.82, 2.24) is 29.2 Å². The molecule has 112 valence electrons. The second-order valence-electron chi connectivity index (χ2n) is 5.78. The van der Waals surface area contributed by atoms with Gasteiger partial charge in [0, 0.05) is 55.9 Å². The third-order valence-electron chi connectivity index (χ3n) is 4.21. The Morgan fingerprint density at radius 3 is 3.00 bits per heavy atom. The summed E-state index contributed by atoms with van der Waals surface area (Å²) >= 11 is 0. The molecule has 3 aromatic rings. The summed E-state index contributed by atoms with van der Waals surface area (Å²) in [6, 6.07) is 1.94. The maximum Gasteiger partial charge on any atom is 0.234 e. The summed E-state index contributed by atoms with van der Waals surface area (Å²) in [7, 11) is 0. The lowest BCUT2D eigenvalue weighted by Crippen LogP contribution is -2.31. The standard InChI is InChI=1S/C16H18N6/c1-11-15(22-6-3-5-17-16(22)19-11)10-21-7-4-14-13(9-21)8-18-12(2)20-14/h3,5-6,8H,4,7,9-10H2,1-2H3. The lowest BCUT2D eigenvalue weighted by molar-refractivity contribution is 0.238. The van der Waals surface area contributed by atoms with Gasteiger partial charge in [0.2, 0.25) is 5.78 Å². The smallest absolute Gasteiger partial charge is 0.234 e. The van der Waals surface area contributed by atoms with Crippen LogP contribution < -0.4 is 0 Å². The van der Waals surface area contributed by atoms with Crippen LogP contribution >= 0.6 is 0 Å². The molecule has 0 amide bonds. The fourth-order valence-electron chi connectivity index (χ4n) is 3.06. The number of nitrogens with zero attached hydrogens (tertiary/aromatic N) is 6. The molecule has 4 heterocycles. The lowest BCUT2D eigenvalue weighted by Gasteiger charge is -2.27. The molecular formula is C16H18N6. The van der Waals surface area contributed by atoms with Gasteiger partial charge in [-0.25, -0.2) is 19.9 Å². The van der Waals surface area contributed by atoms with Gasteiger partial charge < -0.3 is 0 Å². The van der Waals surface area contributed by atoms with E-state index in [2.05, 4.69) is 29.2 Å². The topological polar surface area (TPSA) is 59.2 Å². The summed E-state index contributed by atoms with van der Waals surface area (Å²) in [6.07, 6.45) is 6.75. The van der Waals surface area contributed by atoms with Crippen LogP contribution in [0.15, 0.2) is 24.7 Å². The first-order valence-corrected chi connectivity index (χ1v) is 7.53. The van der Waals surface area contributed by atoms with Gasteiger partial charge in [-0.3, -0.25) is 9.30 Å². The lowest BCUT2D eigenvalue weighted by atomic mass is 10.1. The molecule has 0 saturated heterocycles. The quantitative estimate of drug-likeness (QED) is 0.720. The molecule has 22 heavy (non-hydrogen) atoms. The molecule has 0 atom stereocenters. The van der Waals surface area contributed by atoms with Gasteiger partial charge >= 0.3 is 0 Å². The molecule has 0 aromatic carbocycles. The molecule has 0 saturated carbocycles. The summed E-state index contributed by atoms with van der Waals surface area (Å²) in [5.41, 5.74) is 4.69. The third kappa shape index (κ3) is 2.25. The highest BCUT2D eigenvalue weighted by Crippen LogP contribution is 2.20. The van der Waals surface area contributed by atoms with Crippen molar-refractivity contribution >= 4 is 5.78 Å². The molecule has 0 radical (unpaired) electrons. The maximum absolute atomic E-state index is 4.55. The summed E-state index contributed by atoms with van der Waals surface area (Å²) < 4.78 is 2.08. The molecule has 3 aromatic heterocycles. The minimum absolute atomic E-state index is 0.770. The van der Waals surface area contributed by atoms with Crippen LogP contribution in [-0.2, 0) is 19.5 Å². The summed E-state index contributed by atoms with van der Waals surface area (Å²) in [6.45, 7) is 6.76. The van der Waals surface area contributed by atoms with Crippen molar-refractivity contribution in [3.63, 3.8) is 0 Å². The number of hydrogen-bond acceptors (Lipinski definition) is 5. The Morgan fingerprint density at radius 2 is 2.09 bits per heavy atom. The predicted octanol–water partition coefficient (Wildman–Crippen LogP) is 1.69. The van der Waals surface area contributed by atoms with E-state index in [1.54, 1.807) is 6.20 Å². The van der Waals surface area contributed by atoms with Crippen LogP contribution in [0, 0.1) is 13.8 Å². The van der Waals surface area contributed by atoms with Crippen molar-refractivity contribution in [2.24, 2.45) is 0 Å². The van der Waals surface area contributed by atoms with Crippen LogP contribution in [0.3, 0.4) is 0 Å². The van der Waals surface area contributed by atoms with Gasteiger partial charge in [0.1, 0.15) is 5.82 Å². The van der Waals surface area contributed by atoms with Gasteiger partial charge in [0.05, 0.1) is 11.4 Å². The maximum atomic E-state index is 4.55. The van der Waals surface area contributed by atoms with Crippen LogP contribution in [0.2, 0.25) is 0 Å². The highest BCUT2D eigenvalue weighted by Gasteiger charge is 2.20. The fraction of sp³-hybridized carbons (Fsp3) is 0.375. The van der Waals surface area contributed by atoms with Gasteiger partial charge in [0.15, 0.2) is 0 Å². The zero-order valence-electron chi connectivity index (χ0n) is 12.8. The van der Waals surface area contributed by atoms with E-state index < -0.39 is 0 Å². The third-order valence-corrected chi connectivity index (χ3v) is 4.21. The first-order valence-electron chi connectivity index (χ1n) is 7.53. The number of hydrogen-bond donors (Lipinski definition) is 0. The van der Waals surface area contributed by atoms with Crippen molar-refractivity contribution in [3.05, 3.63) is 53.1 Å². The zero-order chi connectivity index (χ0) is 15.1. The van der Waals surface area contributed by atoms with E-state index in [9.17, 15) is 0 Å². The Hall–Kier alpha value is -2.34. The summed E-state index contributed by atoms with van der Waals surface area (Å²) in [5.74, 6) is 1.63. The molecule has 0 N–H and O–H groups in total. The molecule has 0 unspecified atom stereocenters. The SMILES string of the molecule is Cc1ncc2c(n1)CCN(Cc1c(C)nc3ncccn13)C2. The minimum atomic E-state index is 0.770. The minimum Gasteiger partial charge on any atom is -0.293 e. The monoisotopic (exact) mass is 294 g/mol. The van der Waals surface area contributed by atoms with Crippen molar-refractivity contribution in [3.8, 4) is 0 Å². The van der Waals surface area contributed by atoms with Gasteiger partial charge in [-0.05, 0) is 19.9 Å². The Kier molecular flexibility index (Phi) is 3.11. The molecule has 0 fully saturated rings. The first-order chi connectivity index (χ1) is 10.7. The second kappa shape index (κ2) is 5.14. The molecule has 0 bridgehead atoms. The molecule has 6 nitrogen and oxygen atoms in total. The van der Waals surface area contributed by atoms with E-state index in [-0.39, 0.29) is 0 Å². The Labute approximate surface area is 128 Å². The fourth-order valence-corrected chi connectivity index (χ4v) is 3.06. The average Bonchev–Trinajstić information content (AvgIpc) is 2.83. The molecule has 0 spiro atoms. The highest BCUT2D eigenvalue weighted by atomic mass is 15.2. The van der Waals surface area contributed by atoms with Gasteiger partial charge in [-0.15, -0.1) is 0 Å². The van der Waals surface area contributed by atoms with Gasteiger partial charge in [0.25, 0.3) is 0 Å². The van der Waals surface area contributed by atoms with Crippen molar-refractivity contribution in [2.75, 3.05) is 6.54 Å². The second-order valence-corrected chi connectivity index (χ2v) is 5.78. The van der Waals surface area contributed by atoms with Gasteiger partial charge in [-0.1, -0.05) is 0 Å². The van der Waals surface area contributed by atoms with E-state index in [4.69, 9.17) is 0 Å². The Morgan fingerprint density at radius 1 is 1.18 bits per heavy atom. The zero-order valence-corrected chi connectivity index (χ0v) is 12.8.